The molecule has 16 heavy (non-hydrogen) atoms. The predicted octanol–water partition coefficient (Wildman–Crippen LogP) is 3.66. The molecule has 0 radical (unpaired) electrons. The zero-order chi connectivity index (χ0) is 12.3. The predicted molar refractivity (Wildman–Crippen MR) is 71.0 cm³/mol. The molecule has 0 N–H and O–H groups in total. The Morgan fingerprint density at radius 3 is 1.88 bits per heavy atom. The van der Waals surface area contributed by atoms with Gasteiger partial charge in [0.15, 0.2) is 0 Å². The highest BCUT2D eigenvalue weighted by Gasteiger charge is 2.32. The summed E-state index contributed by atoms with van der Waals surface area (Å²) in [6.45, 7) is 16.1. The lowest BCUT2D eigenvalue weighted by atomic mass is 10.1. The van der Waals surface area contributed by atoms with Crippen LogP contribution in [0.3, 0.4) is 0 Å². The second-order valence-corrected chi connectivity index (χ2v) is 5.06. The fraction of sp³-hybridized carbons (Fsp3) is 0.857. The van der Waals surface area contributed by atoms with Crippen molar-refractivity contribution in [3.05, 3.63) is 11.4 Å². The third kappa shape index (κ3) is 2.36. The van der Waals surface area contributed by atoms with E-state index in [1.54, 1.807) is 11.4 Å². The fourth-order valence-corrected chi connectivity index (χ4v) is 2.88. The van der Waals surface area contributed by atoms with Crippen molar-refractivity contribution in [2.75, 3.05) is 13.1 Å². The van der Waals surface area contributed by atoms with Crippen LogP contribution < -0.4 is 0 Å². The van der Waals surface area contributed by atoms with E-state index in [0.29, 0.717) is 6.17 Å². The van der Waals surface area contributed by atoms with E-state index in [4.69, 9.17) is 0 Å². The van der Waals surface area contributed by atoms with Gasteiger partial charge in [0, 0.05) is 24.5 Å². The van der Waals surface area contributed by atoms with Crippen LogP contribution in [0.15, 0.2) is 11.4 Å². The first-order valence-electron chi connectivity index (χ1n) is 6.81. The average molecular weight is 224 g/mol. The largest absolute Gasteiger partial charge is 0.354 e. The lowest BCUT2D eigenvalue weighted by Gasteiger charge is -2.32. The van der Waals surface area contributed by atoms with Crippen molar-refractivity contribution in [1.82, 2.24) is 9.80 Å². The average Bonchev–Trinajstić information content (AvgIpc) is 2.50. The Labute approximate surface area is 101 Å². The summed E-state index contributed by atoms with van der Waals surface area (Å²) in [4.78, 5) is 5.16. The normalized spacial score (nSPS) is 21.6. The smallest absolute Gasteiger partial charge is 0.0982 e. The van der Waals surface area contributed by atoms with Gasteiger partial charge in [-0.05, 0) is 32.6 Å². The molecule has 0 spiro atoms. The molecule has 1 aliphatic rings. The highest BCUT2D eigenvalue weighted by atomic mass is 15.4. The van der Waals surface area contributed by atoms with Crippen LogP contribution in [0.2, 0.25) is 0 Å². The van der Waals surface area contributed by atoms with Crippen LogP contribution in [0.5, 0.6) is 0 Å². The van der Waals surface area contributed by atoms with Crippen molar-refractivity contribution in [1.29, 1.82) is 0 Å². The van der Waals surface area contributed by atoms with Gasteiger partial charge in [-0.15, -0.1) is 0 Å². The maximum absolute atomic E-state index is 2.60. The molecule has 1 unspecified atom stereocenters. The maximum Gasteiger partial charge on any atom is 0.0982 e. The Kier molecular flexibility index (Phi) is 4.69. The molecule has 0 bridgehead atoms. The second-order valence-electron chi connectivity index (χ2n) is 5.06. The van der Waals surface area contributed by atoms with Gasteiger partial charge in [0.1, 0.15) is 0 Å². The van der Waals surface area contributed by atoms with Gasteiger partial charge in [0.05, 0.1) is 6.17 Å². The summed E-state index contributed by atoms with van der Waals surface area (Å²) in [6, 6.07) is 0. The molecule has 0 saturated heterocycles. The van der Waals surface area contributed by atoms with Gasteiger partial charge < -0.3 is 9.80 Å². The fourth-order valence-electron chi connectivity index (χ4n) is 2.88. The lowest BCUT2D eigenvalue weighted by molar-refractivity contribution is 0.144. The summed E-state index contributed by atoms with van der Waals surface area (Å²) in [5.74, 6) is 0.735. The van der Waals surface area contributed by atoms with Crippen molar-refractivity contribution >= 4 is 0 Å². The Hall–Kier alpha value is -0.660. The molecule has 0 amide bonds. The third-order valence-electron chi connectivity index (χ3n) is 3.50. The molecule has 2 heteroatoms. The lowest BCUT2D eigenvalue weighted by Crippen LogP contribution is -2.39. The van der Waals surface area contributed by atoms with Crippen LogP contribution in [-0.2, 0) is 0 Å². The number of nitrogens with zero attached hydrogens (tertiary/aromatic N) is 2. The van der Waals surface area contributed by atoms with Gasteiger partial charge in [0.2, 0.25) is 0 Å². The molecule has 0 saturated carbocycles. The number of hydrogen-bond acceptors (Lipinski definition) is 2. The molecule has 0 fully saturated rings. The van der Waals surface area contributed by atoms with Crippen molar-refractivity contribution in [3.63, 3.8) is 0 Å². The first-order chi connectivity index (χ1) is 7.56. The van der Waals surface area contributed by atoms with Crippen LogP contribution >= 0.6 is 0 Å². The van der Waals surface area contributed by atoms with Crippen LogP contribution in [-0.4, -0.2) is 29.1 Å². The van der Waals surface area contributed by atoms with Gasteiger partial charge in [-0.2, -0.15) is 0 Å². The molecule has 1 atom stereocenters. The van der Waals surface area contributed by atoms with E-state index in [-0.39, 0.29) is 0 Å². The quantitative estimate of drug-likeness (QED) is 0.703. The van der Waals surface area contributed by atoms with Crippen LogP contribution in [0.25, 0.3) is 0 Å². The Balaban J connectivity index is 2.96. The highest BCUT2D eigenvalue weighted by Crippen LogP contribution is 2.33. The van der Waals surface area contributed by atoms with Gasteiger partial charge in [-0.3, -0.25) is 0 Å². The van der Waals surface area contributed by atoms with E-state index in [2.05, 4.69) is 51.3 Å². The van der Waals surface area contributed by atoms with Crippen molar-refractivity contribution in [3.8, 4) is 0 Å². The topological polar surface area (TPSA) is 6.48 Å². The number of allylic oxidation sites excluding steroid dienone is 2. The maximum atomic E-state index is 2.60. The van der Waals surface area contributed by atoms with E-state index in [1.165, 1.54) is 6.54 Å². The van der Waals surface area contributed by atoms with Gasteiger partial charge in [-0.25, -0.2) is 0 Å². The van der Waals surface area contributed by atoms with Gasteiger partial charge >= 0.3 is 0 Å². The van der Waals surface area contributed by atoms with Crippen LogP contribution in [0.4, 0.5) is 0 Å². The standard InChI is InChI=1S/C14H28N2/c1-7-13-14(8-2)16(10-11(4)5)12(6)15(13)9-3/h11-12H,7-10H2,1-6H3. The molecule has 0 aliphatic carbocycles. The van der Waals surface area contributed by atoms with E-state index in [1.807, 2.05) is 0 Å². The minimum Gasteiger partial charge on any atom is -0.354 e. The van der Waals surface area contributed by atoms with E-state index >= 15 is 0 Å². The molecule has 94 valence electrons. The summed E-state index contributed by atoms with van der Waals surface area (Å²) in [5.41, 5.74) is 3.14. The number of rotatable bonds is 5. The summed E-state index contributed by atoms with van der Waals surface area (Å²) < 4.78 is 0. The third-order valence-corrected chi connectivity index (χ3v) is 3.50. The van der Waals surface area contributed by atoms with E-state index in [0.717, 1.165) is 25.3 Å². The van der Waals surface area contributed by atoms with Crippen molar-refractivity contribution < 1.29 is 0 Å². The first-order valence-corrected chi connectivity index (χ1v) is 6.81. The summed E-state index contributed by atoms with van der Waals surface area (Å²) >= 11 is 0. The molecular weight excluding hydrogens is 196 g/mol. The van der Waals surface area contributed by atoms with Crippen LogP contribution in [0, 0.1) is 5.92 Å². The SMILES string of the molecule is CCC1=C(CC)N(CC(C)C)C(C)N1CC. The molecule has 1 rings (SSSR count). The molecule has 0 aromatic heterocycles. The summed E-state index contributed by atoms with van der Waals surface area (Å²) in [6.07, 6.45) is 2.88. The van der Waals surface area contributed by atoms with Crippen LogP contribution in [0.1, 0.15) is 54.4 Å². The second kappa shape index (κ2) is 5.60. The minimum atomic E-state index is 0.553. The number of hydrogen-bond donors (Lipinski definition) is 0. The Morgan fingerprint density at radius 2 is 1.50 bits per heavy atom. The zero-order valence-corrected chi connectivity index (χ0v) is 11.9. The first kappa shape index (κ1) is 13.4. The van der Waals surface area contributed by atoms with E-state index < -0.39 is 0 Å². The Morgan fingerprint density at radius 1 is 1.00 bits per heavy atom. The molecule has 0 aromatic carbocycles. The highest BCUT2D eigenvalue weighted by molar-refractivity contribution is 5.19. The minimum absolute atomic E-state index is 0.553. The summed E-state index contributed by atoms with van der Waals surface area (Å²) in [7, 11) is 0. The zero-order valence-electron chi connectivity index (χ0n) is 11.9. The molecule has 1 heterocycles. The molecule has 0 aromatic rings. The monoisotopic (exact) mass is 224 g/mol. The molecule has 2 nitrogen and oxygen atoms in total. The van der Waals surface area contributed by atoms with Gasteiger partial charge in [-0.1, -0.05) is 27.7 Å². The van der Waals surface area contributed by atoms with Crippen molar-refractivity contribution in [2.24, 2.45) is 5.92 Å². The summed E-state index contributed by atoms with van der Waals surface area (Å²) in [5, 5.41) is 0. The van der Waals surface area contributed by atoms with E-state index in [9.17, 15) is 0 Å². The molecule has 1 aliphatic heterocycles. The van der Waals surface area contributed by atoms with Crippen molar-refractivity contribution in [2.45, 2.75) is 60.5 Å². The Bertz CT molecular complexity index is 255. The molecular formula is C14H28N2. The van der Waals surface area contributed by atoms with Gasteiger partial charge in [0.25, 0.3) is 0 Å².